The van der Waals surface area contributed by atoms with Gasteiger partial charge >= 0.3 is 0 Å². The Hall–Kier alpha value is -1.98. The standard InChI is InChI=1S/C12H12F3N3/c1-2-18-9(3-4-17-18)7-16-8-5-10(13)12(15)11(14)6-8/h3-6,16H,2,7H2,1H3. The SMILES string of the molecule is CCn1nccc1CNc1cc(F)c(F)c(F)c1. The molecule has 1 aromatic heterocycles. The summed E-state index contributed by atoms with van der Waals surface area (Å²) < 4.78 is 40.5. The molecule has 0 bridgehead atoms. The summed E-state index contributed by atoms with van der Waals surface area (Å²) in [7, 11) is 0. The van der Waals surface area contributed by atoms with Gasteiger partial charge in [0.15, 0.2) is 17.5 Å². The summed E-state index contributed by atoms with van der Waals surface area (Å²) in [6.45, 7) is 3.00. The molecule has 0 amide bonds. The van der Waals surface area contributed by atoms with Gasteiger partial charge in [-0.3, -0.25) is 4.68 Å². The van der Waals surface area contributed by atoms with Crippen LogP contribution in [0, 0.1) is 17.5 Å². The molecule has 0 aliphatic heterocycles. The minimum absolute atomic E-state index is 0.190. The van der Waals surface area contributed by atoms with E-state index < -0.39 is 17.5 Å². The number of nitrogens with zero attached hydrogens (tertiary/aromatic N) is 2. The Labute approximate surface area is 102 Å². The highest BCUT2D eigenvalue weighted by Gasteiger charge is 2.10. The molecule has 18 heavy (non-hydrogen) atoms. The van der Waals surface area contributed by atoms with E-state index in [-0.39, 0.29) is 5.69 Å². The molecule has 1 heterocycles. The van der Waals surface area contributed by atoms with E-state index in [1.54, 1.807) is 16.9 Å². The minimum Gasteiger partial charge on any atom is -0.379 e. The van der Waals surface area contributed by atoms with Gasteiger partial charge < -0.3 is 5.32 Å². The number of rotatable bonds is 4. The van der Waals surface area contributed by atoms with Crippen LogP contribution in [-0.4, -0.2) is 9.78 Å². The van der Waals surface area contributed by atoms with Gasteiger partial charge in [-0.1, -0.05) is 0 Å². The lowest BCUT2D eigenvalue weighted by atomic mass is 10.2. The van der Waals surface area contributed by atoms with Crippen molar-refractivity contribution in [2.75, 3.05) is 5.32 Å². The molecule has 96 valence electrons. The molecule has 0 aliphatic carbocycles. The first-order valence-electron chi connectivity index (χ1n) is 5.51. The maximum atomic E-state index is 13.0. The van der Waals surface area contributed by atoms with E-state index >= 15 is 0 Å². The van der Waals surface area contributed by atoms with E-state index in [9.17, 15) is 13.2 Å². The second-order valence-electron chi connectivity index (χ2n) is 3.75. The van der Waals surface area contributed by atoms with E-state index in [1.807, 2.05) is 6.92 Å². The monoisotopic (exact) mass is 255 g/mol. The molecule has 0 fully saturated rings. The molecule has 2 aromatic rings. The normalized spacial score (nSPS) is 10.7. The highest BCUT2D eigenvalue weighted by Crippen LogP contribution is 2.18. The molecular formula is C12H12F3N3. The topological polar surface area (TPSA) is 29.9 Å². The van der Waals surface area contributed by atoms with E-state index in [1.165, 1.54) is 0 Å². The van der Waals surface area contributed by atoms with Crippen molar-refractivity contribution < 1.29 is 13.2 Å². The Kier molecular flexibility index (Phi) is 3.55. The average Bonchev–Trinajstić information content (AvgIpc) is 2.80. The molecule has 0 radical (unpaired) electrons. The third-order valence-corrected chi connectivity index (χ3v) is 2.56. The van der Waals surface area contributed by atoms with Gasteiger partial charge in [0.25, 0.3) is 0 Å². The van der Waals surface area contributed by atoms with Crippen molar-refractivity contribution in [3.05, 3.63) is 47.5 Å². The number of aromatic nitrogens is 2. The minimum atomic E-state index is -1.46. The largest absolute Gasteiger partial charge is 0.379 e. The molecule has 2 rings (SSSR count). The Bertz CT molecular complexity index is 528. The third-order valence-electron chi connectivity index (χ3n) is 2.56. The maximum Gasteiger partial charge on any atom is 0.194 e. The molecule has 1 aromatic carbocycles. The van der Waals surface area contributed by atoms with Gasteiger partial charge in [0.1, 0.15) is 0 Å². The fourth-order valence-corrected chi connectivity index (χ4v) is 1.65. The second kappa shape index (κ2) is 5.12. The third kappa shape index (κ3) is 2.47. The summed E-state index contributed by atoms with van der Waals surface area (Å²) in [4.78, 5) is 0. The van der Waals surface area contributed by atoms with Crippen LogP contribution in [0.1, 0.15) is 12.6 Å². The van der Waals surface area contributed by atoms with Crippen LogP contribution in [0.2, 0.25) is 0 Å². The Morgan fingerprint density at radius 1 is 1.22 bits per heavy atom. The number of halogens is 3. The zero-order valence-electron chi connectivity index (χ0n) is 9.75. The summed E-state index contributed by atoms with van der Waals surface area (Å²) in [6.07, 6.45) is 1.65. The molecule has 0 spiro atoms. The predicted octanol–water partition coefficient (Wildman–Crippen LogP) is 2.93. The zero-order valence-corrected chi connectivity index (χ0v) is 9.75. The van der Waals surface area contributed by atoms with E-state index in [0.29, 0.717) is 13.1 Å². The summed E-state index contributed by atoms with van der Waals surface area (Å²) in [5.74, 6) is -3.87. The van der Waals surface area contributed by atoms with Gasteiger partial charge in [0, 0.05) is 30.6 Å². The first-order valence-corrected chi connectivity index (χ1v) is 5.51. The Morgan fingerprint density at radius 3 is 2.50 bits per heavy atom. The van der Waals surface area contributed by atoms with Crippen LogP contribution in [0.25, 0.3) is 0 Å². The number of hydrogen-bond donors (Lipinski definition) is 1. The van der Waals surface area contributed by atoms with Gasteiger partial charge in [0.05, 0.1) is 12.2 Å². The van der Waals surface area contributed by atoms with Crippen molar-refractivity contribution in [3.63, 3.8) is 0 Å². The number of nitrogens with one attached hydrogen (secondary N) is 1. The molecular weight excluding hydrogens is 243 g/mol. The van der Waals surface area contributed by atoms with Crippen LogP contribution in [0.5, 0.6) is 0 Å². The van der Waals surface area contributed by atoms with Gasteiger partial charge in [-0.2, -0.15) is 5.10 Å². The van der Waals surface area contributed by atoms with Crippen molar-refractivity contribution >= 4 is 5.69 Å². The van der Waals surface area contributed by atoms with Crippen molar-refractivity contribution in [2.24, 2.45) is 0 Å². The smallest absolute Gasteiger partial charge is 0.194 e. The molecule has 0 saturated carbocycles. The lowest BCUT2D eigenvalue weighted by molar-refractivity contribution is 0.447. The van der Waals surface area contributed by atoms with Gasteiger partial charge in [0.2, 0.25) is 0 Å². The number of benzene rings is 1. The van der Waals surface area contributed by atoms with Crippen LogP contribution in [0.3, 0.4) is 0 Å². The molecule has 1 N–H and O–H groups in total. The molecule has 0 saturated heterocycles. The van der Waals surface area contributed by atoms with Crippen molar-refractivity contribution in [2.45, 2.75) is 20.0 Å². The molecule has 6 heteroatoms. The van der Waals surface area contributed by atoms with Crippen molar-refractivity contribution in [1.29, 1.82) is 0 Å². The van der Waals surface area contributed by atoms with E-state index in [4.69, 9.17) is 0 Å². The lowest BCUT2D eigenvalue weighted by Gasteiger charge is -2.08. The first kappa shape index (κ1) is 12.5. The predicted molar refractivity (Wildman–Crippen MR) is 61.5 cm³/mol. The Morgan fingerprint density at radius 2 is 1.89 bits per heavy atom. The number of hydrogen-bond acceptors (Lipinski definition) is 2. The first-order chi connectivity index (χ1) is 8.61. The summed E-state index contributed by atoms with van der Waals surface area (Å²) in [6, 6.07) is 3.64. The number of anilines is 1. The highest BCUT2D eigenvalue weighted by molar-refractivity contribution is 5.44. The molecule has 0 atom stereocenters. The summed E-state index contributed by atoms with van der Waals surface area (Å²) in [5, 5.41) is 6.89. The van der Waals surface area contributed by atoms with Crippen LogP contribution >= 0.6 is 0 Å². The fraction of sp³-hybridized carbons (Fsp3) is 0.250. The van der Waals surface area contributed by atoms with Gasteiger partial charge in [-0.15, -0.1) is 0 Å². The Balaban J connectivity index is 2.11. The second-order valence-corrected chi connectivity index (χ2v) is 3.75. The fourth-order valence-electron chi connectivity index (χ4n) is 1.65. The van der Waals surface area contributed by atoms with E-state index in [0.717, 1.165) is 17.8 Å². The average molecular weight is 255 g/mol. The molecule has 0 aliphatic rings. The van der Waals surface area contributed by atoms with Crippen LogP contribution in [0.4, 0.5) is 18.9 Å². The quantitative estimate of drug-likeness (QED) is 0.851. The van der Waals surface area contributed by atoms with Gasteiger partial charge in [-0.05, 0) is 13.0 Å². The molecule has 3 nitrogen and oxygen atoms in total. The van der Waals surface area contributed by atoms with E-state index in [2.05, 4.69) is 10.4 Å². The number of aryl methyl sites for hydroxylation is 1. The van der Waals surface area contributed by atoms with Gasteiger partial charge in [-0.25, -0.2) is 13.2 Å². The van der Waals surface area contributed by atoms with Crippen LogP contribution < -0.4 is 5.32 Å². The summed E-state index contributed by atoms with van der Waals surface area (Å²) >= 11 is 0. The van der Waals surface area contributed by atoms with Crippen LogP contribution in [0.15, 0.2) is 24.4 Å². The lowest BCUT2D eigenvalue weighted by Crippen LogP contribution is -2.08. The van der Waals surface area contributed by atoms with Crippen LogP contribution in [-0.2, 0) is 13.1 Å². The van der Waals surface area contributed by atoms with Crippen molar-refractivity contribution in [1.82, 2.24) is 9.78 Å². The molecule has 0 unspecified atom stereocenters. The summed E-state index contributed by atoms with van der Waals surface area (Å²) in [5.41, 5.74) is 1.07. The zero-order chi connectivity index (χ0) is 13.1. The maximum absolute atomic E-state index is 13.0. The van der Waals surface area contributed by atoms with Crippen molar-refractivity contribution in [3.8, 4) is 0 Å². The highest BCUT2D eigenvalue weighted by atomic mass is 19.2.